The SMILES string of the molecule is CO[C@@H]1COCC[C@@H]1C[C@@H]1CC[C@@](C(=O)N2C[C@H]3C[C@@H]2CN3c2cc(C(F)(F)F)ccn2)(C(C)C)C1. The van der Waals surface area contributed by atoms with Crippen LogP contribution in [0.5, 0.6) is 0 Å². The van der Waals surface area contributed by atoms with Gasteiger partial charge in [-0.2, -0.15) is 13.2 Å². The van der Waals surface area contributed by atoms with Gasteiger partial charge in [0.2, 0.25) is 5.91 Å². The van der Waals surface area contributed by atoms with Crippen molar-refractivity contribution in [2.24, 2.45) is 23.2 Å². The molecule has 36 heavy (non-hydrogen) atoms. The van der Waals surface area contributed by atoms with E-state index in [2.05, 4.69) is 18.8 Å². The largest absolute Gasteiger partial charge is 0.416 e. The average Bonchev–Trinajstić information content (AvgIpc) is 3.58. The Labute approximate surface area is 211 Å². The second-order valence-corrected chi connectivity index (χ2v) is 11.6. The molecule has 2 bridgehead atoms. The summed E-state index contributed by atoms with van der Waals surface area (Å²) < 4.78 is 50.9. The molecule has 0 unspecified atom stereocenters. The molecule has 3 aliphatic heterocycles. The van der Waals surface area contributed by atoms with Crippen molar-refractivity contribution in [3.63, 3.8) is 0 Å². The Bertz CT molecular complexity index is 958. The molecule has 1 aliphatic carbocycles. The monoisotopic (exact) mass is 509 g/mol. The number of amides is 1. The number of halogens is 3. The molecule has 0 spiro atoms. The minimum absolute atomic E-state index is 0.0149. The Hall–Kier alpha value is -1.87. The molecule has 0 N–H and O–H groups in total. The zero-order chi connectivity index (χ0) is 25.7. The number of fused-ring (bicyclic) bond motifs is 2. The first-order valence-corrected chi connectivity index (χ1v) is 13.3. The topological polar surface area (TPSA) is 54.9 Å². The number of methoxy groups -OCH3 is 1. The summed E-state index contributed by atoms with van der Waals surface area (Å²) in [5.74, 6) is 1.82. The number of anilines is 1. The summed E-state index contributed by atoms with van der Waals surface area (Å²) in [6.07, 6.45) is 2.71. The van der Waals surface area contributed by atoms with E-state index >= 15 is 0 Å². The van der Waals surface area contributed by atoms with Crippen LogP contribution in [0.25, 0.3) is 0 Å². The predicted molar refractivity (Wildman–Crippen MR) is 129 cm³/mol. The lowest BCUT2D eigenvalue weighted by molar-refractivity contribution is -0.146. The van der Waals surface area contributed by atoms with Gasteiger partial charge in [0.1, 0.15) is 5.82 Å². The fraction of sp³-hybridized carbons (Fsp3) is 0.778. The lowest BCUT2D eigenvalue weighted by atomic mass is 9.73. The van der Waals surface area contributed by atoms with Gasteiger partial charge in [-0.05, 0) is 68.4 Å². The zero-order valence-corrected chi connectivity index (χ0v) is 21.5. The third kappa shape index (κ3) is 4.62. The maximum Gasteiger partial charge on any atom is 0.416 e. The molecule has 1 aromatic heterocycles. The second-order valence-electron chi connectivity index (χ2n) is 11.6. The lowest BCUT2D eigenvalue weighted by Gasteiger charge is -2.42. The van der Waals surface area contributed by atoms with E-state index < -0.39 is 11.7 Å². The normalized spacial score (nSPS) is 34.7. The number of hydrogen-bond donors (Lipinski definition) is 0. The van der Waals surface area contributed by atoms with Gasteiger partial charge in [-0.3, -0.25) is 4.79 Å². The van der Waals surface area contributed by atoms with E-state index in [1.54, 1.807) is 7.11 Å². The fourth-order valence-corrected chi connectivity index (χ4v) is 7.30. The smallest absolute Gasteiger partial charge is 0.379 e. The highest BCUT2D eigenvalue weighted by Gasteiger charge is 2.54. The van der Waals surface area contributed by atoms with Crippen molar-refractivity contribution >= 4 is 11.7 Å². The van der Waals surface area contributed by atoms with Crippen molar-refractivity contribution in [1.29, 1.82) is 0 Å². The first-order chi connectivity index (χ1) is 17.1. The number of pyridine rings is 1. The summed E-state index contributed by atoms with van der Waals surface area (Å²) in [5, 5.41) is 0. The van der Waals surface area contributed by atoms with Crippen LogP contribution in [0.1, 0.15) is 57.9 Å². The number of likely N-dealkylation sites (tertiary alicyclic amines) is 1. The van der Waals surface area contributed by atoms with Crippen molar-refractivity contribution in [2.75, 3.05) is 38.3 Å². The summed E-state index contributed by atoms with van der Waals surface area (Å²) in [7, 11) is 1.75. The molecule has 6 atom stereocenters. The van der Waals surface area contributed by atoms with E-state index in [-0.39, 0.29) is 35.4 Å². The van der Waals surface area contributed by atoms with E-state index in [0.29, 0.717) is 37.4 Å². The molecule has 0 radical (unpaired) electrons. The van der Waals surface area contributed by atoms with Crippen LogP contribution in [0.3, 0.4) is 0 Å². The summed E-state index contributed by atoms with van der Waals surface area (Å²) in [6, 6.07) is 2.18. The lowest BCUT2D eigenvalue weighted by Crippen LogP contribution is -2.54. The molecular weight excluding hydrogens is 471 g/mol. The number of aromatic nitrogens is 1. The van der Waals surface area contributed by atoms with E-state index in [1.165, 1.54) is 6.20 Å². The maximum absolute atomic E-state index is 14.1. The van der Waals surface area contributed by atoms with Crippen LogP contribution in [0, 0.1) is 23.2 Å². The Balaban J connectivity index is 1.26. The van der Waals surface area contributed by atoms with Gasteiger partial charge in [0.05, 0.1) is 35.8 Å². The third-order valence-electron chi connectivity index (χ3n) is 9.43. The molecule has 1 saturated carbocycles. The molecule has 4 fully saturated rings. The molecule has 5 rings (SSSR count). The number of carbonyl (C=O) groups is 1. The Morgan fingerprint density at radius 3 is 2.75 bits per heavy atom. The van der Waals surface area contributed by atoms with Gasteiger partial charge in [0.25, 0.3) is 0 Å². The molecule has 200 valence electrons. The van der Waals surface area contributed by atoms with Gasteiger partial charge in [0, 0.05) is 33.0 Å². The Morgan fingerprint density at radius 2 is 2.08 bits per heavy atom. The summed E-state index contributed by atoms with van der Waals surface area (Å²) >= 11 is 0. The molecule has 3 saturated heterocycles. The van der Waals surface area contributed by atoms with Crippen LogP contribution < -0.4 is 4.90 Å². The molecule has 6 nitrogen and oxygen atoms in total. The van der Waals surface area contributed by atoms with Crippen LogP contribution in [-0.2, 0) is 20.4 Å². The standard InChI is InChI=1S/C27H38F3N3O3/c1-17(2)26(7-4-18(13-26)10-19-6-9-36-16-23(19)35-3)25(34)33-15-21-12-22(33)14-32(21)24-11-20(5-8-31-24)27(28,29)30/h5,8,11,17-19,21-23H,4,6-7,9-10,12-16H2,1-3H3/t18-,19+,21+,22+,23+,26-/m0/s1. The van der Waals surface area contributed by atoms with Crippen molar-refractivity contribution in [1.82, 2.24) is 9.88 Å². The zero-order valence-electron chi connectivity index (χ0n) is 21.5. The highest BCUT2D eigenvalue weighted by atomic mass is 19.4. The number of rotatable bonds is 6. The van der Waals surface area contributed by atoms with Gasteiger partial charge in [0.15, 0.2) is 0 Å². The van der Waals surface area contributed by atoms with E-state index in [0.717, 1.165) is 57.3 Å². The van der Waals surface area contributed by atoms with Gasteiger partial charge in [-0.25, -0.2) is 4.98 Å². The first kappa shape index (κ1) is 25.8. The van der Waals surface area contributed by atoms with Crippen LogP contribution in [0.4, 0.5) is 19.0 Å². The number of nitrogens with zero attached hydrogens (tertiary/aromatic N) is 3. The minimum Gasteiger partial charge on any atom is -0.379 e. The second kappa shape index (κ2) is 9.78. The number of carbonyl (C=O) groups excluding carboxylic acids is 1. The highest BCUT2D eigenvalue weighted by Crippen LogP contribution is 2.52. The molecular formula is C27H38F3N3O3. The van der Waals surface area contributed by atoms with Crippen molar-refractivity contribution in [2.45, 2.75) is 76.7 Å². The fourth-order valence-electron chi connectivity index (χ4n) is 7.30. The summed E-state index contributed by atoms with van der Waals surface area (Å²) in [4.78, 5) is 22.3. The quantitative estimate of drug-likeness (QED) is 0.553. The van der Waals surface area contributed by atoms with Crippen LogP contribution in [-0.4, -0.2) is 67.4 Å². The van der Waals surface area contributed by atoms with Crippen LogP contribution >= 0.6 is 0 Å². The van der Waals surface area contributed by atoms with Crippen molar-refractivity contribution in [3.8, 4) is 0 Å². The molecule has 4 heterocycles. The van der Waals surface area contributed by atoms with Gasteiger partial charge in [-0.15, -0.1) is 0 Å². The van der Waals surface area contributed by atoms with Crippen LogP contribution in [0.15, 0.2) is 18.3 Å². The highest BCUT2D eigenvalue weighted by molar-refractivity contribution is 5.84. The van der Waals surface area contributed by atoms with E-state index in [9.17, 15) is 18.0 Å². The minimum atomic E-state index is -4.39. The number of hydrogen-bond acceptors (Lipinski definition) is 5. The average molecular weight is 510 g/mol. The first-order valence-electron chi connectivity index (χ1n) is 13.3. The molecule has 9 heteroatoms. The number of alkyl halides is 3. The molecule has 1 amide bonds. The predicted octanol–water partition coefficient (Wildman–Crippen LogP) is 4.77. The number of ether oxygens (including phenoxy) is 2. The van der Waals surface area contributed by atoms with Crippen molar-refractivity contribution in [3.05, 3.63) is 23.9 Å². The van der Waals surface area contributed by atoms with Crippen LogP contribution in [0.2, 0.25) is 0 Å². The number of piperazine rings is 1. The molecule has 4 aliphatic rings. The van der Waals surface area contributed by atoms with Crippen molar-refractivity contribution < 1.29 is 27.4 Å². The Kier molecular flexibility index (Phi) is 7.00. The van der Waals surface area contributed by atoms with E-state index in [4.69, 9.17) is 9.47 Å². The maximum atomic E-state index is 14.1. The Morgan fingerprint density at radius 1 is 1.28 bits per heavy atom. The summed E-state index contributed by atoms with van der Waals surface area (Å²) in [5.41, 5.74) is -1.04. The van der Waals surface area contributed by atoms with Gasteiger partial charge >= 0.3 is 6.18 Å². The summed E-state index contributed by atoms with van der Waals surface area (Å²) in [6.45, 7) is 6.86. The van der Waals surface area contributed by atoms with Gasteiger partial charge in [-0.1, -0.05) is 13.8 Å². The third-order valence-corrected chi connectivity index (χ3v) is 9.43. The molecule has 1 aromatic rings. The van der Waals surface area contributed by atoms with E-state index in [1.807, 2.05) is 9.80 Å². The van der Waals surface area contributed by atoms with Gasteiger partial charge < -0.3 is 19.3 Å². The molecule has 0 aromatic carbocycles.